The molecule has 2 N–H and O–H groups in total. The molecule has 10 nitrogen and oxygen atoms in total. The van der Waals surface area contributed by atoms with E-state index in [-0.39, 0.29) is 23.6 Å². The molecule has 0 spiro atoms. The summed E-state index contributed by atoms with van der Waals surface area (Å²) in [6, 6.07) is 1.33. The molecule has 0 atom stereocenters. The topological polar surface area (TPSA) is 131 Å². The molecule has 0 aliphatic carbocycles. The minimum atomic E-state index is -1.15. The largest absolute Gasteiger partial charge is 0.476 e. The van der Waals surface area contributed by atoms with Crippen molar-refractivity contribution in [3.8, 4) is 0 Å². The fourth-order valence-corrected chi connectivity index (χ4v) is 1.81. The molecule has 0 unspecified atom stereocenters. The summed E-state index contributed by atoms with van der Waals surface area (Å²) in [6.07, 6.45) is 1.36. The molecule has 20 heavy (non-hydrogen) atoms. The van der Waals surface area contributed by atoms with Crippen molar-refractivity contribution in [1.29, 1.82) is 0 Å². The van der Waals surface area contributed by atoms with Crippen LogP contribution in [0.25, 0.3) is 5.78 Å². The molecule has 0 saturated carbocycles. The lowest BCUT2D eigenvalue weighted by Gasteiger charge is -2.02. The molecule has 0 aliphatic rings. The Labute approximate surface area is 110 Å². The average Bonchev–Trinajstić information content (AvgIpc) is 2.97. The zero-order valence-electron chi connectivity index (χ0n) is 10.3. The van der Waals surface area contributed by atoms with Gasteiger partial charge in [-0.2, -0.15) is 4.52 Å². The molecule has 3 aromatic heterocycles. The van der Waals surface area contributed by atoms with Crippen LogP contribution in [0.4, 0.5) is 0 Å². The van der Waals surface area contributed by atoms with Gasteiger partial charge in [0, 0.05) is 6.07 Å². The van der Waals surface area contributed by atoms with Gasteiger partial charge in [-0.3, -0.25) is 9.89 Å². The van der Waals surface area contributed by atoms with Gasteiger partial charge in [-0.25, -0.2) is 19.4 Å². The van der Waals surface area contributed by atoms with Gasteiger partial charge in [-0.15, -0.1) is 5.10 Å². The number of aromatic carboxylic acids is 1. The van der Waals surface area contributed by atoms with Crippen LogP contribution in [-0.2, 0) is 6.54 Å². The molecule has 3 aromatic rings. The van der Waals surface area contributed by atoms with Crippen molar-refractivity contribution in [3.63, 3.8) is 0 Å². The number of aromatic amines is 1. The quantitative estimate of drug-likeness (QED) is 0.630. The first-order valence-electron chi connectivity index (χ1n) is 5.61. The summed E-state index contributed by atoms with van der Waals surface area (Å²) in [5.41, 5.74) is 0.384. The van der Waals surface area contributed by atoms with E-state index in [0.717, 1.165) is 0 Å². The maximum absolute atomic E-state index is 11.8. The van der Waals surface area contributed by atoms with Crippen molar-refractivity contribution in [2.24, 2.45) is 0 Å². The molecular formula is C10H9N7O3. The van der Waals surface area contributed by atoms with Gasteiger partial charge in [-0.05, 0) is 6.92 Å². The van der Waals surface area contributed by atoms with Crippen molar-refractivity contribution in [3.05, 3.63) is 39.8 Å². The number of carboxylic acids is 1. The van der Waals surface area contributed by atoms with Gasteiger partial charge >= 0.3 is 5.97 Å². The highest BCUT2D eigenvalue weighted by Crippen LogP contribution is 2.06. The van der Waals surface area contributed by atoms with Crippen LogP contribution >= 0.6 is 0 Å². The van der Waals surface area contributed by atoms with E-state index < -0.39 is 5.97 Å². The number of carbonyl (C=O) groups is 1. The first-order chi connectivity index (χ1) is 9.56. The smallest absolute Gasteiger partial charge is 0.358 e. The summed E-state index contributed by atoms with van der Waals surface area (Å²) in [4.78, 5) is 30.7. The Morgan fingerprint density at radius 1 is 1.50 bits per heavy atom. The molecular weight excluding hydrogens is 266 g/mol. The Kier molecular flexibility index (Phi) is 2.56. The first kappa shape index (κ1) is 12.0. The lowest BCUT2D eigenvalue weighted by Crippen LogP contribution is -2.17. The number of nitrogens with one attached hydrogen (secondary N) is 1. The van der Waals surface area contributed by atoms with E-state index in [9.17, 15) is 9.59 Å². The fraction of sp³-hybridized carbons (Fsp3) is 0.200. The summed E-state index contributed by atoms with van der Waals surface area (Å²) < 4.78 is 2.56. The summed E-state index contributed by atoms with van der Waals surface area (Å²) in [6.45, 7) is 1.73. The summed E-state index contributed by atoms with van der Waals surface area (Å²) in [5, 5.41) is 18.8. The van der Waals surface area contributed by atoms with Crippen LogP contribution in [0.2, 0.25) is 0 Å². The highest BCUT2D eigenvalue weighted by atomic mass is 16.4. The Morgan fingerprint density at radius 3 is 3.00 bits per heavy atom. The predicted octanol–water partition coefficient (Wildman–Crippen LogP) is -0.936. The van der Waals surface area contributed by atoms with Crippen LogP contribution in [-0.4, -0.2) is 45.7 Å². The van der Waals surface area contributed by atoms with E-state index in [2.05, 4.69) is 25.4 Å². The average molecular weight is 275 g/mol. The van der Waals surface area contributed by atoms with Gasteiger partial charge in [0.25, 0.3) is 11.3 Å². The van der Waals surface area contributed by atoms with E-state index in [1.165, 1.54) is 21.6 Å². The number of nitrogens with zero attached hydrogens (tertiary/aromatic N) is 6. The molecule has 102 valence electrons. The van der Waals surface area contributed by atoms with Crippen molar-refractivity contribution in [2.45, 2.75) is 13.5 Å². The SMILES string of the molecule is Cc1c(C(=O)O)nnn1Cc1cc(=O)n2[nH]cnc2n1. The van der Waals surface area contributed by atoms with Crippen molar-refractivity contribution < 1.29 is 9.90 Å². The van der Waals surface area contributed by atoms with Gasteiger partial charge in [0.15, 0.2) is 5.69 Å². The third kappa shape index (κ3) is 1.83. The third-order valence-electron chi connectivity index (χ3n) is 2.82. The Balaban J connectivity index is 2.01. The highest BCUT2D eigenvalue weighted by molar-refractivity contribution is 5.86. The lowest BCUT2D eigenvalue weighted by atomic mass is 10.3. The van der Waals surface area contributed by atoms with Gasteiger partial charge < -0.3 is 5.11 Å². The number of carboxylic acid groups (broad SMARTS) is 1. The number of rotatable bonds is 3. The normalized spacial score (nSPS) is 11.1. The molecule has 0 fully saturated rings. The third-order valence-corrected chi connectivity index (χ3v) is 2.82. The predicted molar refractivity (Wildman–Crippen MR) is 64.4 cm³/mol. The number of fused-ring (bicyclic) bond motifs is 1. The Bertz CT molecular complexity index is 859. The molecule has 3 heterocycles. The molecule has 0 amide bonds. The van der Waals surface area contributed by atoms with Crippen LogP contribution in [0.15, 0.2) is 17.2 Å². The molecule has 0 radical (unpaired) electrons. The maximum Gasteiger partial charge on any atom is 0.358 e. The Morgan fingerprint density at radius 2 is 2.30 bits per heavy atom. The van der Waals surface area contributed by atoms with Crippen LogP contribution in [0.5, 0.6) is 0 Å². The zero-order valence-corrected chi connectivity index (χ0v) is 10.3. The van der Waals surface area contributed by atoms with Gasteiger partial charge in [-0.1, -0.05) is 5.21 Å². The number of H-pyrrole nitrogens is 1. The highest BCUT2D eigenvalue weighted by Gasteiger charge is 2.16. The summed E-state index contributed by atoms with van der Waals surface area (Å²) in [7, 11) is 0. The minimum Gasteiger partial charge on any atom is -0.476 e. The second kappa shape index (κ2) is 4.26. The number of hydrogen-bond acceptors (Lipinski definition) is 6. The lowest BCUT2D eigenvalue weighted by molar-refractivity contribution is 0.0689. The zero-order chi connectivity index (χ0) is 14.3. The van der Waals surface area contributed by atoms with E-state index in [1.54, 1.807) is 6.92 Å². The molecule has 0 aliphatic heterocycles. The Hall–Kier alpha value is -3.04. The molecule has 10 heteroatoms. The molecule has 0 bridgehead atoms. The van der Waals surface area contributed by atoms with Crippen molar-refractivity contribution in [1.82, 2.24) is 34.6 Å². The number of aromatic nitrogens is 7. The van der Waals surface area contributed by atoms with Crippen LogP contribution < -0.4 is 5.56 Å². The van der Waals surface area contributed by atoms with E-state index in [4.69, 9.17) is 5.11 Å². The summed E-state index contributed by atoms with van der Waals surface area (Å²) >= 11 is 0. The van der Waals surface area contributed by atoms with Crippen LogP contribution in [0.1, 0.15) is 21.9 Å². The van der Waals surface area contributed by atoms with E-state index in [0.29, 0.717) is 11.4 Å². The molecule has 3 rings (SSSR count). The van der Waals surface area contributed by atoms with Crippen LogP contribution in [0.3, 0.4) is 0 Å². The number of hydrogen-bond donors (Lipinski definition) is 2. The minimum absolute atomic E-state index is 0.123. The van der Waals surface area contributed by atoms with E-state index in [1.807, 2.05) is 0 Å². The second-order valence-corrected chi connectivity index (χ2v) is 4.09. The molecule has 0 saturated heterocycles. The van der Waals surface area contributed by atoms with Gasteiger partial charge in [0.05, 0.1) is 17.9 Å². The van der Waals surface area contributed by atoms with Crippen molar-refractivity contribution in [2.75, 3.05) is 0 Å². The van der Waals surface area contributed by atoms with Gasteiger partial charge in [0.1, 0.15) is 6.33 Å². The second-order valence-electron chi connectivity index (χ2n) is 4.09. The maximum atomic E-state index is 11.8. The van der Waals surface area contributed by atoms with Crippen LogP contribution in [0, 0.1) is 6.92 Å². The van der Waals surface area contributed by atoms with Gasteiger partial charge in [0.2, 0.25) is 0 Å². The monoisotopic (exact) mass is 275 g/mol. The van der Waals surface area contributed by atoms with E-state index >= 15 is 0 Å². The first-order valence-corrected chi connectivity index (χ1v) is 5.61. The summed E-state index contributed by atoms with van der Waals surface area (Å²) in [5.74, 6) is -0.909. The fourth-order valence-electron chi connectivity index (χ4n) is 1.81. The standard InChI is InChI=1S/C10H9N7O3/c1-5-8(9(19)20)14-15-16(5)3-6-2-7(18)17-10(13-6)11-4-12-17/h2,4H,3H2,1H3,(H,19,20)(H,11,12,13). The van der Waals surface area contributed by atoms with Crippen molar-refractivity contribution >= 4 is 11.7 Å². The molecule has 0 aromatic carbocycles.